The monoisotopic (exact) mass is 149 g/mol. The van der Waals surface area contributed by atoms with Gasteiger partial charge < -0.3 is 0 Å². The maximum Gasteiger partial charge on any atom is 0.101 e. The molecular weight excluding hydrogens is 142 g/mol. The van der Waals surface area contributed by atoms with Gasteiger partial charge in [0.15, 0.2) is 0 Å². The fraction of sp³-hybridized carbons (Fsp3) is 0.143. The van der Waals surface area contributed by atoms with E-state index in [1.807, 2.05) is 6.07 Å². The third kappa shape index (κ3) is 1.74. The Labute approximate surface area is 64.2 Å². The predicted molar refractivity (Wildman–Crippen MR) is 37.9 cm³/mol. The van der Waals surface area contributed by atoms with Gasteiger partial charge in [-0.25, -0.2) is 5.90 Å². The van der Waals surface area contributed by atoms with Crippen molar-refractivity contribution < 1.29 is 4.84 Å². The highest BCUT2D eigenvalue weighted by molar-refractivity contribution is 5.33. The van der Waals surface area contributed by atoms with E-state index in [0.29, 0.717) is 5.56 Å². The van der Waals surface area contributed by atoms with Crippen LogP contribution in [0.3, 0.4) is 0 Å². The van der Waals surface area contributed by atoms with Crippen molar-refractivity contribution in [1.82, 2.24) is 4.98 Å². The quantitative estimate of drug-likeness (QED) is 0.615. The van der Waals surface area contributed by atoms with Gasteiger partial charge in [-0.05, 0) is 6.07 Å². The van der Waals surface area contributed by atoms with Crippen LogP contribution in [0.1, 0.15) is 11.1 Å². The Morgan fingerprint density at radius 1 is 1.73 bits per heavy atom. The summed E-state index contributed by atoms with van der Waals surface area (Å²) in [4.78, 5) is 8.17. The zero-order valence-electron chi connectivity index (χ0n) is 5.82. The molecule has 56 valence electrons. The lowest BCUT2D eigenvalue weighted by Gasteiger charge is -1.98. The summed E-state index contributed by atoms with van der Waals surface area (Å²) in [7, 11) is 0. The average Bonchev–Trinajstić information content (AvgIpc) is 2.06. The number of hydrogen-bond acceptors (Lipinski definition) is 4. The second-order valence-electron chi connectivity index (χ2n) is 1.96. The van der Waals surface area contributed by atoms with E-state index in [0.717, 1.165) is 5.56 Å². The van der Waals surface area contributed by atoms with Gasteiger partial charge in [-0.1, -0.05) is 0 Å². The number of pyridine rings is 1. The van der Waals surface area contributed by atoms with Gasteiger partial charge in [0.05, 0.1) is 12.2 Å². The zero-order chi connectivity index (χ0) is 8.10. The first-order chi connectivity index (χ1) is 5.38. The standard InChI is InChI=1S/C7H7N3O/c8-3-7-4-10-2-1-6(7)5-11-9/h1-2,4H,5,9H2. The largest absolute Gasteiger partial charge is 0.300 e. The SMILES string of the molecule is N#Cc1cnccc1CON. The highest BCUT2D eigenvalue weighted by atomic mass is 16.6. The predicted octanol–water partition coefficient (Wildman–Crippen LogP) is 0.344. The van der Waals surface area contributed by atoms with Gasteiger partial charge in [0.2, 0.25) is 0 Å². The highest BCUT2D eigenvalue weighted by Gasteiger charge is 1.98. The smallest absolute Gasteiger partial charge is 0.101 e. The third-order valence-electron chi connectivity index (χ3n) is 1.27. The van der Waals surface area contributed by atoms with Crippen molar-refractivity contribution in [2.24, 2.45) is 5.90 Å². The first-order valence-corrected chi connectivity index (χ1v) is 3.03. The Morgan fingerprint density at radius 2 is 2.55 bits per heavy atom. The van der Waals surface area contributed by atoms with Crippen molar-refractivity contribution in [1.29, 1.82) is 5.26 Å². The minimum absolute atomic E-state index is 0.241. The summed E-state index contributed by atoms with van der Waals surface area (Å²) in [6.45, 7) is 0.241. The lowest BCUT2D eigenvalue weighted by Crippen LogP contribution is -2.00. The molecule has 11 heavy (non-hydrogen) atoms. The molecule has 0 saturated carbocycles. The van der Waals surface area contributed by atoms with E-state index in [4.69, 9.17) is 11.2 Å². The molecule has 0 fully saturated rings. The van der Waals surface area contributed by atoms with E-state index < -0.39 is 0 Å². The summed E-state index contributed by atoms with van der Waals surface area (Å²) >= 11 is 0. The maximum atomic E-state index is 8.56. The molecule has 0 amide bonds. The normalized spacial score (nSPS) is 9.09. The van der Waals surface area contributed by atoms with Crippen molar-refractivity contribution in [3.8, 4) is 6.07 Å². The number of rotatable bonds is 2. The molecule has 4 nitrogen and oxygen atoms in total. The second kappa shape index (κ2) is 3.66. The van der Waals surface area contributed by atoms with E-state index >= 15 is 0 Å². The number of hydrogen-bond donors (Lipinski definition) is 1. The Morgan fingerprint density at radius 3 is 3.18 bits per heavy atom. The van der Waals surface area contributed by atoms with Crippen LogP contribution in [-0.4, -0.2) is 4.98 Å². The molecular formula is C7H7N3O. The van der Waals surface area contributed by atoms with Gasteiger partial charge in [-0.15, -0.1) is 0 Å². The summed E-state index contributed by atoms with van der Waals surface area (Å²) < 4.78 is 0. The maximum absolute atomic E-state index is 8.56. The summed E-state index contributed by atoms with van der Waals surface area (Å²) in [5.41, 5.74) is 1.25. The number of aromatic nitrogens is 1. The van der Waals surface area contributed by atoms with Crippen molar-refractivity contribution in [2.75, 3.05) is 0 Å². The lowest BCUT2D eigenvalue weighted by molar-refractivity contribution is 0.124. The molecule has 0 spiro atoms. The molecule has 0 atom stereocenters. The second-order valence-corrected chi connectivity index (χ2v) is 1.96. The molecule has 1 rings (SSSR count). The van der Waals surface area contributed by atoms with Crippen LogP contribution in [0.25, 0.3) is 0 Å². The summed E-state index contributed by atoms with van der Waals surface area (Å²) in [5, 5.41) is 8.56. The van der Waals surface area contributed by atoms with E-state index in [-0.39, 0.29) is 6.61 Å². The Balaban J connectivity index is 2.95. The average molecular weight is 149 g/mol. The zero-order valence-corrected chi connectivity index (χ0v) is 5.82. The molecule has 0 radical (unpaired) electrons. The van der Waals surface area contributed by atoms with E-state index in [9.17, 15) is 0 Å². The summed E-state index contributed by atoms with van der Waals surface area (Å²) in [6.07, 6.45) is 3.07. The highest BCUT2D eigenvalue weighted by Crippen LogP contribution is 2.04. The first kappa shape index (κ1) is 7.66. The van der Waals surface area contributed by atoms with Gasteiger partial charge in [0.25, 0.3) is 0 Å². The molecule has 0 aliphatic rings. The van der Waals surface area contributed by atoms with E-state index in [2.05, 4.69) is 9.82 Å². The van der Waals surface area contributed by atoms with Crippen LogP contribution in [0.5, 0.6) is 0 Å². The molecule has 0 aliphatic carbocycles. The van der Waals surface area contributed by atoms with Crippen LogP contribution in [0.4, 0.5) is 0 Å². The van der Waals surface area contributed by atoms with E-state index in [1.54, 1.807) is 12.3 Å². The summed E-state index contributed by atoms with van der Waals surface area (Å²) in [5.74, 6) is 4.85. The van der Waals surface area contributed by atoms with Crippen molar-refractivity contribution in [3.05, 3.63) is 29.6 Å². The molecule has 0 saturated heterocycles. The fourth-order valence-corrected chi connectivity index (χ4v) is 0.740. The molecule has 0 bridgehead atoms. The van der Waals surface area contributed by atoms with Gasteiger partial charge in [-0.2, -0.15) is 5.26 Å². The molecule has 1 aromatic rings. The Bertz CT molecular complexity index is 279. The minimum atomic E-state index is 0.241. The number of nitriles is 1. The van der Waals surface area contributed by atoms with Crippen LogP contribution in [0.2, 0.25) is 0 Å². The van der Waals surface area contributed by atoms with Crippen molar-refractivity contribution >= 4 is 0 Å². The Kier molecular flexibility index (Phi) is 2.55. The van der Waals surface area contributed by atoms with Gasteiger partial charge in [0.1, 0.15) is 6.07 Å². The number of nitrogens with zero attached hydrogens (tertiary/aromatic N) is 2. The van der Waals surface area contributed by atoms with Crippen LogP contribution in [0, 0.1) is 11.3 Å². The van der Waals surface area contributed by atoms with Crippen molar-refractivity contribution in [3.63, 3.8) is 0 Å². The molecule has 0 unspecified atom stereocenters. The van der Waals surface area contributed by atoms with Gasteiger partial charge in [-0.3, -0.25) is 9.82 Å². The van der Waals surface area contributed by atoms with Crippen LogP contribution in [-0.2, 0) is 11.4 Å². The molecule has 2 N–H and O–H groups in total. The topological polar surface area (TPSA) is 71.9 Å². The van der Waals surface area contributed by atoms with Crippen LogP contribution >= 0.6 is 0 Å². The molecule has 4 heteroatoms. The molecule has 0 aromatic carbocycles. The van der Waals surface area contributed by atoms with Crippen LogP contribution in [0.15, 0.2) is 18.5 Å². The fourth-order valence-electron chi connectivity index (χ4n) is 0.740. The van der Waals surface area contributed by atoms with Crippen molar-refractivity contribution in [2.45, 2.75) is 6.61 Å². The van der Waals surface area contributed by atoms with E-state index in [1.165, 1.54) is 6.20 Å². The molecule has 0 aliphatic heterocycles. The first-order valence-electron chi connectivity index (χ1n) is 3.03. The summed E-state index contributed by atoms with van der Waals surface area (Å²) in [6, 6.07) is 3.68. The van der Waals surface area contributed by atoms with Gasteiger partial charge >= 0.3 is 0 Å². The molecule has 1 heterocycles. The third-order valence-corrected chi connectivity index (χ3v) is 1.27. The van der Waals surface area contributed by atoms with Crippen LogP contribution < -0.4 is 5.90 Å². The van der Waals surface area contributed by atoms with Gasteiger partial charge in [0, 0.05) is 18.0 Å². The number of nitrogens with two attached hydrogens (primary N) is 1. The lowest BCUT2D eigenvalue weighted by atomic mass is 10.2. The molecule has 1 aromatic heterocycles. The Hall–Kier alpha value is -1.44. The minimum Gasteiger partial charge on any atom is -0.300 e.